The Labute approximate surface area is 162 Å². The molecule has 0 saturated carbocycles. The Bertz CT molecular complexity index is 874. The molecule has 0 aliphatic carbocycles. The highest BCUT2D eigenvalue weighted by atomic mass is 16.7. The molecule has 4 heterocycles. The molecule has 0 bridgehead atoms. The Morgan fingerprint density at radius 3 is 3.11 bits per heavy atom. The zero-order valence-corrected chi connectivity index (χ0v) is 15.5. The van der Waals surface area contributed by atoms with Crippen LogP contribution in [0, 0.1) is 0 Å². The lowest BCUT2D eigenvalue weighted by Gasteiger charge is -2.26. The highest BCUT2D eigenvalue weighted by Crippen LogP contribution is 2.38. The van der Waals surface area contributed by atoms with E-state index in [4.69, 9.17) is 23.5 Å². The van der Waals surface area contributed by atoms with E-state index in [0.29, 0.717) is 31.9 Å². The Morgan fingerprint density at radius 2 is 2.21 bits per heavy atom. The average molecular weight is 386 g/mol. The van der Waals surface area contributed by atoms with Crippen molar-refractivity contribution in [1.82, 2.24) is 10.1 Å². The minimum atomic E-state index is -0.0264. The van der Waals surface area contributed by atoms with Crippen molar-refractivity contribution in [2.45, 2.75) is 31.9 Å². The molecule has 0 spiro atoms. The Hall–Kier alpha value is -2.58. The quantitative estimate of drug-likeness (QED) is 0.779. The molecule has 2 aromatic rings. The van der Waals surface area contributed by atoms with E-state index in [1.807, 2.05) is 18.2 Å². The second-order valence-electron chi connectivity index (χ2n) is 7.22. The van der Waals surface area contributed by atoms with E-state index in [9.17, 15) is 4.79 Å². The summed E-state index contributed by atoms with van der Waals surface area (Å²) >= 11 is 0. The van der Waals surface area contributed by atoms with Crippen molar-refractivity contribution < 1.29 is 28.3 Å². The molecule has 3 aliphatic heterocycles. The first-order valence-electron chi connectivity index (χ1n) is 9.62. The van der Waals surface area contributed by atoms with Gasteiger partial charge in [0.2, 0.25) is 12.7 Å². The standard InChI is InChI=1S/C20H22N2O6/c23-19(11-24-10-14-2-1-7-25-14)22-6-5-16-15(9-22)20(21-28-16)13-3-4-17-18(8-13)27-12-26-17/h3-4,8,14H,1-2,5-7,9-12H2. The number of hydrogen-bond acceptors (Lipinski definition) is 7. The van der Waals surface area contributed by atoms with Crippen LogP contribution in [-0.4, -0.2) is 55.2 Å². The SMILES string of the molecule is O=C(COCC1CCCO1)N1CCc2onc(-c3ccc4c(c3)OCO4)c2C1. The van der Waals surface area contributed by atoms with Crippen LogP contribution >= 0.6 is 0 Å². The molecule has 1 fully saturated rings. The molecule has 1 saturated heterocycles. The van der Waals surface area contributed by atoms with Gasteiger partial charge in [-0.1, -0.05) is 5.16 Å². The first-order chi connectivity index (χ1) is 13.8. The van der Waals surface area contributed by atoms with Gasteiger partial charge in [-0.15, -0.1) is 0 Å². The van der Waals surface area contributed by atoms with E-state index in [1.165, 1.54) is 0 Å². The first kappa shape index (κ1) is 17.5. The third-order valence-corrected chi connectivity index (χ3v) is 5.38. The highest BCUT2D eigenvalue weighted by molar-refractivity contribution is 5.78. The molecular formula is C20H22N2O6. The van der Waals surface area contributed by atoms with Gasteiger partial charge in [0.15, 0.2) is 11.5 Å². The van der Waals surface area contributed by atoms with E-state index < -0.39 is 0 Å². The summed E-state index contributed by atoms with van der Waals surface area (Å²) in [4.78, 5) is 14.4. The van der Waals surface area contributed by atoms with Crippen molar-refractivity contribution in [2.75, 3.05) is 33.2 Å². The second-order valence-corrected chi connectivity index (χ2v) is 7.22. The second kappa shape index (κ2) is 7.44. The molecule has 8 nitrogen and oxygen atoms in total. The number of hydrogen-bond donors (Lipinski definition) is 0. The molecule has 5 rings (SSSR count). The van der Waals surface area contributed by atoms with Crippen molar-refractivity contribution in [3.05, 3.63) is 29.5 Å². The molecule has 3 aliphatic rings. The van der Waals surface area contributed by atoms with E-state index in [-0.39, 0.29) is 25.4 Å². The fourth-order valence-corrected chi connectivity index (χ4v) is 3.84. The van der Waals surface area contributed by atoms with Crippen LogP contribution in [0.1, 0.15) is 24.2 Å². The van der Waals surface area contributed by atoms with Crippen molar-refractivity contribution in [2.24, 2.45) is 0 Å². The highest BCUT2D eigenvalue weighted by Gasteiger charge is 2.28. The predicted octanol–water partition coefficient (Wildman–Crippen LogP) is 2.15. The fraction of sp³-hybridized carbons (Fsp3) is 0.500. The van der Waals surface area contributed by atoms with Crippen LogP contribution in [0.3, 0.4) is 0 Å². The molecule has 28 heavy (non-hydrogen) atoms. The lowest BCUT2D eigenvalue weighted by Crippen LogP contribution is -2.38. The summed E-state index contributed by atoms with van der Waals surface area (Å²) in [6, 6.07) is 5.69. The van der Waals surface area contributed by atoms with Gasteiger partial charge >= 0.3 is 0 Å². The summed E-state index contributed by atoms with van der Waals surface area (Å²) < 4.78 is 27.5. The van der Waals surface area contributed by atoms with Crippen LogP contribution < -0.4 is 9.47 Å². The lowest BCUT2D eigenvalue weighted by molar-refractivity contribution is -0.138. The van der Waals surface area contributed by atoms with Gasteiger partial charge < -0.3 is 28.4 Å². The van der Waals surface area contributed by atoms with Crippen LogP contribution in [0.25, 0.3) is 11.3 Å². The summed E-state index contributed by atoms with van der Waals surface area (Å²) in [7, 11) is 0. The monoisotopic (exact) mass is 386 g/mol. The third kappa shape index (κ3) is 3.33. The molecule has 148 valence electrons. The van der Waals surface area contributed by atoms with Crippen molar-refractivity contribution in [3.63, 3.8) is 0 Å². The maximum atomic E-state index is 12.6. The molecule has 1 aromatic heterocycles. The molecule has 1 amide bonds. The zero-order chi connectivity index (χ0) is 18.9. The number of rotatable bonds is 5. The fourth-order valence-electron chi connectivity index (χ4n) is 3.84. The maximum absolute atomic E-state index is 12.6. The van der Waals surface area contributed by atoms with Gasteiger partial charge in [0, 0.05) is 30.7 Å². The minimum absolute atomic E-state index is 0.0264. The number of nitrogens with zero attached hydrogens (tertiary/aromatic N) is 2. The number of carbonyl (C=O) groups is 1. The van der Waals surface area contributed by atoms with Crippen LogP contribution in [0.2, 0.25) is 0 Å². The number of fused-ring (bicyclic) bond motifs is 2. The third-order valence-electron chi connectivity index (χ3n) is 5.38. The molecule has 1 atom stereocenters. The topological polar surface area (TPSA) is 83.3 Å². The minimum Gasteiger partial charge on any atom is -0.454 e. The van der Waals surface area contributed by atoms with E-state index >= 15 is 0 Å². The molecule has 8 heteroatoms. The number of carbonyl (C=O) groups excluding carboxylic acids is 1. The van der Waals surface area contributed by atoms with Crippen molar-refractivity contribution in [3.8, 4) is 22.8 Å². The first-order valence-corrected chi connectivity index (χ1v) is 9.62. The molecule has 0 radical (unpaired) electrons. The van der Waals surface area contributed by atoms with Crippen LogP contribution in [0.15, 0.2) is 22.7 Å². The largest absolute Gasteiger partial charge is 0.454 e. The summed E-state index contributed by atoms with van der Waals surface area (Å²) in [5.74, 6) is 2.22. The molecule has 0 N–H and O–H groups in total. The summed E-state index contributed by atoms with van der Waals surface area (Å²) in [6.07, 6.45) is 2.83. The number of ether oxygens (including phenoxy) is 4. The van der Waals surface area contributed by atoms with Gasteiger partial charge in [-0.05, 0) is 31.0 Å². The smallest absolute Gasteiger partial charge is 0.248 e. The maximum Gasteiger partial charge on any atom is 0.248 e. The average Bonchev–Trinajstić information content (AvgIpc) is 3.46. The summed E-state index contributed by atoms with van der Waals surface area (Å²) in [6.45, 7) is 2.62. The number of benzene rings is 1. The van der Waals surface area contributed by atoms with Crippen LogP contribution in [-0.2, 0) is 27.2 Å². The molecule has 1 unspecified atom stereocenters. The summed E-state index contributed by atoms with van der Waals surface area (Å²) in [5.41, 5.74) is 2.57. The number of aromatic nitrogens is 1. The van der Waals surface area contributed by atoms with E-state index in [2.05, 4.69) is 5.16 Å². The van der Waals surface area contributed by atoms with Crippen LogP contribution in [0.4, 0.5) is 0 Å². The molecular weight excluding hydrogens is 364 g/mol. The van der Waals surface area contributed by atoms with Gasteiger partial charge in [-0.2, -0.15) is 0 Å². The van der Waals surface area contributed by atoms with Crippen molar-refractivity contribution in [1.29, 1.82) is 0 Å². The summed E-state index contributed by atoms with van der Waals surface area (Å²) in [5, 5.41) is 4.24. The van der Waals surface area contributed by atoms with Crippen LogP contribution in [0.5, 0.6) is 11.5 Å². The van der Waals surface area contributed by atoms with Crippen molar-refractivity contribution >= 4 is 5.91 Å². The van der Waals surface area contributed by atoms with E-state index in [1.54, 1.807) is 4.90 Å². The number of amides is 1. The van der Waals surface area contributed by atoms with Gasteiger partial charge in [0.25, 0.3) is 0 Å². The molecule has 1 aromatic carbocycles. The Kier molecular flexibility index (Phi) is 4.66. The predicted molar refractivity (Wildman–Crippen MR) is 97.0 cm³/mol. The van der Waals surface area contributed by atoms with Gasteiger partial charge in [-0.25, -0.2) is 0 Å². The van der Waals surface area contributed by atoms with Gasteiger partial charge in [0.1, 0.15) is 18.1 Å². The van der Waals surface area contributed by atoms with Gasteiger partial charge in [0.05, 0.1) is 19.3 Å². The lowest BCUT2D eigenvalue weighted by atomic mass is 10.0. The van der Waals surface area contributed by atoms with Gasteiger partial charge in [-0.3, -0.25) is 4.79 Å². The zero-order valence-electron chi connectivity index (χ0n) is 15.5. The van der Waals surface area contributed by atoms with E-state index in [0.717, 1.165) is 47.8 Å². The Balaban J connectivity index is 1.26. The normalized spacial score (nSPS) is 20.4. The Morgan fingerprint density at radius 1 is 1.29 bits per heavy atom.